The van der Waals surface area contributed by atoms with Crippen molar-refractivity contribution in [2.45, 2.75) is 13.2 Å². The van der Waals surface area contributed by atoms with Crippen molar-refractivity contribution in [3.8, 4) is 11.5 Å². The molecule has 0 aliphatic rings. The molecule has 0 saturated heterocycles. The number of nitrogens with two attached hydrogens (primary N) is 1. The standard InChI is InChI=1S/C24H20N2O4/c25-24(28)22(27)19-13-26-21-18(19)11-12-20(29-14-16-7-3-1-4-8-16)23(21)30-15-17-9-5-2-6-10-17/h1-13,26H,14-15H2,(H2,25,28). The molecule has 0 bridgehead atoms. The fraction of sp³-hybridized carbons (Fsp3) is 0.0833. The van der Waals surface area contributed by atoms with E-state index in [0.29, 0.717) is 35.6 Å². The van der Waals surface area contributed by atoms with Gasteiger partial charge in [-0.25, -0.2) is 0 Å². The Labute approximate surface area is 173 Å². The summed E-state index contributed by atoms with van der Waals surface area (Å²) < 4.78 is 12.1. The number of rotatable bonds is 8. The lowest BCUT2D eigenvalue weighted by Crippen LogP contribution is -2.22. The topological polar surface area (TPSA) is 94.4 Å². The highest BCUT2D eigenvalue weighted by atomic mass is 16.5. The molecule has 4 rings (SSSR count). The first-order chi connectivity index (χ1) is 14.6. The van der Waals surface area contributed by atoms with Crippen LogP contribution in [-0.2, 0) is 18.0 Å². The van der Waals surface area contributed by atoms with Crippen molar-refractivity contribution in [3.63, 3.8) is 0 Å². The molecule has 0 saturated carbocycles. The summed E-state index contributed by atoms with van der Waals surface area (Å²) in [5, 5.41) is 0.550. The van der Waals surface area contributed by atoms with E-state index in [9.17, 15) is 9.59 Å². The fourth-order valence-electron chi connectivity index (χ4n) is 3.20. The van der Waals surface area contributed by atoms with Crippen molar-refractivity contribution in [2.75, 3.05) is 0 Å². The predicted molar refractivity (Wildman–Crippen MR) is 113 cm³/mol. The van der Waals surface area contributed by atoms with Crippen molar-refractivity contribution in [3.05, 3.63) is 95.7 Å². The molecule has 0 fully saturated rings. The molecule has 150 valence electrons. The molecule has 1 aromatic heterocycles. The molecule has 3 N–H and O–H groups in total. The van der Waals surface area contributed by atoms with E-state index in [0.717, 1.165) is 11.1 Å². The normalized spacial score (nSPS) is 10.7. The molecule has 0 spiro atoms. The number of Topliss-reactive ketones (excluding diaryl/α,β-unsaturated/α-hetero) is 1. The summed E-state index contributed by atoms with van der Waals surface area (Å²) in [5.41, 5.74) is 7.96. The molecule has 4 aromatic rings. The lowest BCUT2D eigenvalue weighted by Gasteiger charge is -2.14. The smallest absolute Gasteiger partial charge is 0.289 e. The second-order valence-corrected chi connectivity index (χ2v) is 6.76. The van der Waals surface area contributed by atoms with Gasteiger partial charge in [-0.15, -0.1) is 0 Å². The Morgan fingerprint density at radius 3 is 2.00 bits per heavy atom. The van der Waals surface area contributed by atoms with Gasteiger partial charge in [0.15, 0.2) is 11.5 Å². The Kier molecular flexibility index (Phi) is 5.48. The Balaban J connectivity index is 1.69. The van der Waals surface area contributed by atoms with Gasteiger partial charge in [0.2, 0.25) is 0 Å². The molecule has 1 heterocycles. The first-order valence-electron chi connectivity index (χ1n) is 9.45. The molecule has 6 nitrogen and oxygen atoms in total. The van der Waals surface area contributed by atoms with E-state index in [4.69, 9.17) is 15.2 Å². The van der Waals surface area contributed by atoms with E-state index in [1.807, 2.05) is 60.7 Å². The SMILES string of the molecule is NC(=O)C(=O)c1c[nH]c2c(OCc3ccccc3)c(OCc3ccccc3)ccc12. The van der Waals surface area contributed by atoms with E-state index < -0.39 is 11.7 Å². The third-order valence-electron chi connectivity index (χ3n) is 4.70. The van der Waals surface area contributed by atoms with Gasteiger partial charge >= 0.3 is 0 Å². The third-order valence-corrected chi connectivity index (χ3v) is 4.70. The number of ketones is 1. The molecule has 0 atom stereocenters. The number of fused-ring (bicyclic) bond motifs is 1. The van der Waals surface area contributed by atoms with E-state index in [1.165, 1.54) is 6.20 Å². The van der Waals surface area contributed by atoms with Crippen molar-refractivity contribution >= 4 is 22.6 Å². The Morgan fingerprint density at radius 1 is 0.800 bits per heavy atom. The molecule has 0 unspecified atom stereocenters. The van der Waals surface area contributed by atoms with Crippen molar-refractivity contribution in [1.29, 1.82) is 0 Å². The van der Waals surface area contributed by atoms with Gasteiger partial charge in [-0.3, -0.25) is 9.59 Å². The molecule has 30 heavy (non-hydrogen) atoms. The van der Waals surface area contributed by atoms with Crippen LogP contribution in [0.15, 0.2) is 79.0 Å². The van der Waals surface area contributed by atoms with Gasteiger partial charge in [-0.2, -0.15) is 0 Å². The average Bonchev–Trinajstić information content (AvgIpc) is 3.21. The molecule has 3 aromatic carbocycles. The Hall–Kier alpha value is -4.06. The van der Waals surface area contributed by atoms with E-state index in [-0.39, 0.29) is 5.56 Å². The average molecular weight is 400 g/mol. The maximum absolute atomic E-state index is 12.1. The number of primary amides is 1. The van der Waals surface area contributed by atoms with Crippen LogP contribution in [0.2, 0.25) is 0 Å². The second-order valence-electron chi connectivity index (χ2n) is 6.76. The summed E-state index contributed by atoms with van der Waals surface area (Å²) in [4.78, 5) is 26.5. The lowest BCUT2D eigenvalue weighted by atomic mass is 10.1. The summed E-state index contributed by atoms with van der Waals surface area (Å²) in [7, 11) is 0. The molecule has 6 heteroatoms. The van der Waals surface area contributed by atoms with Crippen molar-refractivity contribution in [1.82, 2.24) is 4.98 Å². The number of aromatic amines is 1. The van der Waals surface area contributed by atoms with E-state index in [1.54, 1.807) is 12.1 Å². The maximum atomic E-state index is 12.1. The maximum Gasteiger partial charge on any atom is 0.289 e. The highest BCUT2D eigenvalue weighted by Crippen LogP contribution is 2.37. The Bertz CT molecular complexity index is 1180. The number of nitrogens with one attached hydrogen (secondary N) is 1. The zero-order valence-corrected chi connectivity index (χ0v) is 16.1. The van der Waals surface area contributed by atoms with E-state index >= 15 is 0 Å². The summed E-state index contributed by atoms with van der Waals surface area (Å²) in [5.74, 6) is -0.765. The second kappa shape index (κ2) is 8.53. The molecular formula is C24H20N2O4. The van der Waals surface area contributed by atoms with Crippen LogP contribution in [-0.4, -0.2) is 16.7 Å². The van der Waals surface area contributed by atoms with Gasteiger partial charge < -0.3 is 20.2 Å². The quantitative estimate of drug-likeness (QED) is 0.345. The minimum atomic E-state index is -1.01. The van der Waals surface area contributed by atoms with Crippen LogP contribution >= 0.6 is 0 Å². The first kappa shape index (κ1) is 19.3. The first-order valence-corrected chi connectivity index (χ1v) is 9.45. The molecule has 0 aliphatic carbocycles. The number of amides is 1. The number of H-pyrrole nitrogens is 1. The number of carbonyl (C=O) groups excluding carboxylic acids is 2. The minimum Gasteiger partial charge on any atom is -0.485 e. The monoisotopic (exact) mass is 400 g/mol. The summed E-state index contributed by atoms with van der Waals surface area (Å²) in [6, 6.07) is 23.0. The zero-order valence-electron chi connectivity index (χ0n) is 16.1. The van der Waals surface area contributed by atoms with Crippen LogP contribution in [0.25, 0.3) is 10.9 Å². The molecular weight excluding hydrogens is 380 g/mol. The number of hydrogen-bond donors (Lipinski definition) is 2. The van der Waals surface area contributed by atoms with Crippen LogP contribution < -0.4 is 15.2 Å². The predicted octanol–water partition coefficient (Wildman–Crippen LogP) is 3.99. The van der Waals surface area contributed by atoms with Crippen LogP contribution in [0.4, 0.5) is 0 Å². The lowest BCUT2D eigenvalue weighted by molar-refractivity contribution is -0.114. The van der Waals surface area contributed by atoms with Crippen LogP contribution in [0, 0.1) is 0 Å². The summed E-state index contributed by atoms with van der Waals surface area (Å²) >= 11 is 0. The number of aromatic nitrogens is 1. The summed E-state index contributed by atoms with van der Waals surface area (Å²) in [6.45, 7) is 0.682. The summed E-state index contributed by atoms with van der Waals surface area (Å²) in [6.07, 6.45) is 1.47. The van der Waals surface area contributed by atoms with E-state index in [2.05, 4.69) is 4.98 Å². The number of carbonyl (C=O) groups is 2. The van der Waals surface area contributed by atoms with Crippen LogP contribution in [0.5, 0.6) is 11.5 Å². The van der Waals surface area contributed by atoms with Crippen LogP contribution in [0.1, 0.15) is 21.5 Å². The molecule has 1 amide bonds. The minimum absolute atomic E-state index is 0.205. The fourth-order valence-corrected chi connectivity index (χ4v) is 3.20. The highest BCUT2D eigenvalue weighted by Gasteiger charge is 2.21. The van der Waals surface area contributed by atoms with Gasteiger partial charge in [0.05, 0.1) is 11.1 Å². The molecule has 0 radical (unpaired) electrons. The Morgan fingerprint density at radius 2 is 1.40 bits per heavy atom. The zero-order chi connectivity index (χ0) is 20.9. The largest absolute Gasteiger partial charge is 0.485 e. The molecule has 0 aliphatic heterocycles. The van der Waals surface area contributed by atoms with Crippen LogP contribution in [0.3, 0.4) is 0 Å². The number of hydrogen-bond acceptors (Lipinski definition) is 4. The number of benzene rings is 3. The van der Waals surface area contributed by atoms with Gasteiger partial charge in [-0.1, -0.05) is 60.7 Å². The van der Waals surface area contributed by atoms with Gasteiger partial charge in [-0.05, 0) is 23.3 Å². The van der Waals surface area contributed by atoms with Crippen molar-refractivity contribution < 1.29 is 19.1 Å². The van der Waals surface area contributed by atoms with Crippen molar-refractivity contribution in [2.24, 2.45) is 5.73 Å². The third kappa shape index (κ3) is 4.03. The number of ether oxygens (including phenoxy) is 2. The highest BCUT2D eigenvalue weighted by molar-refractivity contribution is 6.44. The van der Waals surface area contributed by atoms with Gasteiger partial charge in [0, 0.05) is 11.6 Å². The van der Waals surface area contributed by atoms with Gasteiger partial charge in [0.25, 0.3) is 11.7 Å². The van der Waals surface area contributed by atoms with Gasteiger partial charge in [0.1, 0.15) is 13.2 Å².